The maximum absolute atomic E-state index is 13.5. The Morgan fingerprint density at radius 1 is 1.20 bits per heavy atom. The molecule has 0 bridgehead atoms. The molecule has 44 heavy (non-hydrogen) atoms. The molecular weight excluding hydrogens is 600 g/mol. The highest BCUT2D eigenvalue weighted by Gasteiger charge is 2.32. The summed E-state index contributed by atoms with van der Waals surface area (Å²) in [6, 6.07) is 6.09. The second-order valence-corrected chi connectivity index (χ2v) is 11.4. The molecule has 2 saturated heterocycles. The number of likely N-dealkylation sites (tertiary alicyclic amines) is 2. The van der Waals surface area contributed by atoms with Crippen LogP contribution in [0.2, 0.25) is 5.02 Å². The summed E-state index contributed by atoms with van der Waals surface area (Å²) < 4.78 is 34.1. The van der Waals surface area contributed by atoms with E-state index in [1.807, 2.05) is 4.90 Å². The zero-order chi connectivity index (χ0) is 31.0. The van der Waals surface area contributed by atoms with Crippen LogP contribution in [-0.4, -0.2) is 101 Å². The molecule has 0 saturated carbocycles. The molecule has 0 spiro atoms. The molecule has 13 nitrogen and oxygen atoms in total. The van der Waals surface area contributed by atoms with E-state index in [1.54, 1.807) is 12.3 Å². The number of hydrogen-bond acceptors (Lipinski definition) is 10. The Balaban J connectivity index is 1.26. The fraction of sp³-hybridized carbons (Fsp3) is 0.429. The fourth-order valence-electron chi connectivity index (χ4n) is 5.93. The van der Waals surface area contributed by atoms with Crippen LogP contribution < -0.4 is 15.8 Å². The van der Waals surface area contributed by atoms with Crippen molar-refractivity contribution < 1.29 is 28.5 Å². The monoisotopic (exact) mass is 631 g/mol. The van der Waals surface area contributed by atoms with Gasteiger partial charge >= 0.3 is 6.61 Å². The number of fused-ring (bicyclic) bond motifs is 1. The third-order valence-corrected chi connectivity index (χ3v) is 8.29. The van der Waals surface area contributed by atoms with Gasteiger partial charge in [-0.1, -0.05) is 11.6 Å². The number of nitrogen functional groups attached to an aromatic ring is 1. The van der Waals surface area contributed by atoms with Crippen LogP contribution in [0.15, 0.2) is 42.9 Å². The number of carbonyl (C=O) groups excluding carboxylic acids is 1. The molecule has 2 atom stereocenters. The van der Waals surface area contributed by atoms with Gasteiger partial charge in [0.15, 0.2) is 11.5 Å². The Bertz CT molecular complexity index is 1640. The normalized spacial score (nSPS) is 19.2. The average molecular weight is 632 g/mol. The molecule has 2 fully saturated rings. The number of anilines is 2. The van der Waals surface area contributed by atoms with E-state index >= 15 is 0 Å². The highest BCUT2D eigenvalue weighted by atomic mass is 35.5. The standard InChI is InChI=1S/C28H32ClF2N9O4/c29-16-2-3-21(44-28(30)31)19(12-16)24-20(34-27(43)23-25(32)36-40-8-1-7-33-26(23)40)14-39(35-24)15-22(42)37-9-4-17(5-10-37)38-11-6-18(41)13-38/h1-3,7-8,12,14,17-18,22,28,41-42H,4-6,9-11,13,15H2,(H2,32,36)(H,34,43)/t18-,22?/m1/s1. The number of aliphatic hydroxyl groups excluding tert-OH is 2. The lowest BCUT2D eigenvalue weighted by Crippen LogP contribution is -2.48. The summed E-state index contributed by atoms with van der Waals surface area (Å²) in [5.41, 5.74) is 6.63. The van der Waals surface area contributed by atoms with Crippen LogP contribution in [0.5, 0.6) is 5.75 Å². The van der Waals surface area contributed by atoms with Gasteiger partial charge in [0.25, 0.3) is 5.91 Å². The number of aromatic nitrogens is 5. The molecule has 3 aromatic heterocycles. The number of ether oxygens (including phenoxy) is 1. The van der Waals surface area contributed by atoms with E-state index in [0.29, 0.717) is 25.7 Å². The van der Waals surface area contributed by atoms with E-state index in [1.165, 1.54) is 39.8 Å². The van der Waals surface area contributed by atoms with E-state index in [0.717, 1.165) is 25.8 Å². The maximum atomic E-state index is 13.5. The van der Waals surface area contributed by atoms with Gasteiger partial charge in [0.05, 0.1) is 18.3 Å². The van der Waals surface area contributed by atoms with Gasteiger partial charge in [-0.05, 0) is 43.5 Å². The predicted octanol–water partition coefficient (Wildman–Crippen LogP) is 2.53. The van der Waals surface area contributed by atoms with Gasteiger partial charge in [0.1, 0.15) is 23.2 Å². The second kappa shape index (κ2) is 12.6. The number of amides is 1. The molecule has 5 heterocycles. The van der Waals surface area contributed by atoms with Crippen LogP contribution in [0, 0.1) is 0 Å². The Morgan fingerprint density at radius 3 is 2.73 bits per heavy atom. The van der Waals surface area contributed by atoms with E-state index in [9.17, 15) is 23.8 Å². The van der Waals surface area contributed by atoms with Gasteiger partial charge < -0.3 is 26.0 Å². The number of aliphatic hydroxyl groups is 2. The van der Waals surface area contributed by atoms with Gasteiger partial charge in [0, 0.05) is 61.4 Å². The van der Waals surface area contributed by atoms with Crippen LogP contribution in [0.3, 0.4) is 0 Å². The minimum atomic E-state index is -3.12. The highest BCUT2D eigenvalue weighted by Crippen LogP contribution is 2.37. The molecular formula is C28H32ClF2N9O4. The second-order valence-electron chi connectivity index (χ2n) is 10.9. The third kappa shape index (κ3) is 6.32. The minimum Gasteiger partial charge on any atom is -0.434 e. The van der Waals surface area contributed by atoms with Crippen LogP contribution in [0.25, 0.3) is 16.9 Å². The number of carbonyl (C=O) groups is 1. The lowest BCUT2D eigenvalue weighted by molar-refractivity contribution is -0.0494. The molecule has 2 aliphatic heterocycles. The predicted molar refractivity (Wildman–Crippen MR) is 157 cm³/mol. The summed E-state index contributed by atoms with van der Waals surface area (Å²) >= 11 is 6.22. The molecule has 1 aromatic carbocycles. The van der Waals surface area contributed by atoms with Gasteiger partial charge in [-0.2, -0.15) is 13.9 Å². The van der Waals surface area contributed by atoms with Crippen molar-refractivity contribution in [3.05, 3.63) is 53.4 Å². The van der Waals surface area contributed by atoms with E-state index in [2.05, 4.69) is 25.4 Å². The van der Waals surface area contributed by atoms with Crippen molar-refractivity contribution in [1.82, 2.24) is 34.2 Å². The first kappa shape index (κ1) is 30.1. The molecule has 6 rings (SSSR count). The number of alkyl halides is 2. The maximum Gasteiger partial charge on any atom is 0.387 e. The number of benzene rings is 1. The van der Waals surface area contributed by atoms with E-state index in [-0.39, 0.29) is 57.4 Å². The van der Waals surface area contributed by atoms with Crippen LogP contribution in [-0.2, 0) is 6.54 Å². The van der Waals surface area contributed by atoms with Crippen LogP contribution >= 0.6 is 11.6 Å². The van der Waals surface area contributed by atoms with Crippen molar-refractivity contribution in [1.29, 1.82) is 0 Å². The van der Waals surface area contributed by atoms with Crippen molar-refractivity contribution in [3.63, 3.8) is 0 Å². The first-order valence-electron chi connectivity index (χ1n) is 14.2. The first-order valence-corrected chi connectivity index (χ1v) is 14.6. The highest BCUT2D eigenvalue weighted by molar-refractivity contribution is 6.31. The van der Waals surface area contributed by atoms with Gasteiger partial charge in [-0.3, -0.25) is 19.3 Å². The number of piperidine rings is 1. The largest absolute Gasteiger partial charge is 0.434 e. The third-order valence-electron chi connectivity index (χ3n) is 8.05. The Kier molecular flexibility index (Phi) is 8.64. The number of rotatable bonds is 9. The van der Waals surface area contributed by atoms with Gasteiger partial charge in [0.2, 0.25) is 0 Å². The number of β-amino-alcohol motifs (C(OH)–C–C–N with tert-alkyl or cyclic N) is 1. The Labute approximate surface area is 255 Å². The molecule has 234 valence electrons. The number of nitrogens with zero attached hydrogens (tertiary/aromatic N) is 7. The first-order chi connectivity index (χ1) is 21.2. The average Bonchev–Trinajstić information content (AvgIpc) is 3.69. The van der Waals surface area contributed by atoms with Gasteiger partial charge in [-0.25, -0.2) is 9.50 Å². The lowest BCUT2D eigenvalue weighted by atomic mass is 10.0. The SMILES string of the molecule is Nc1nn2cccnc2c1C(=O)Nc1cn(CC(O)N2CCC(N3CC[C@@H](O)C3)CC2)nc1-c1cc(Cl)ccc1OC(F)F. The van der Waals surface area contributed by atoms with E-state index < -0.39 is 18.7 Å². The molecule has 16 heteroatoms. The van der Waals surface area contributed by atoms with Crippen molar-refractivity contribution >= 4 is 34.7 Å². The number of nitrogens with two attached hydrogens (primary N) is 1. The van der Waals surface area contributed by atoms with Crippen molar-refractivity contribution in [3.8, 4) is 17.0 Å². The molecule has 5 N–H and O–H groups in total. The molecule has 1 unspecified atom stereocenters. The minimum absolute atomic E-state index is 0.0212. The number of hydrogen-bond donors (Lipinski definition) is 4. The molecule has 0 aliphatic carbocycles. The summed E-state index contributed by atoms with van der Waals surface area (Å²) in [6.07, 6.45) is 5.87. The van der Waals surface area contributed by atoms with Crippen LogP contribution in [0.1, 0.15) is 29.6 Å². The molecule has 0 radical (unpaired) electrons. The summed E-state index contributed by atoms with van der Waals surface area (Å²) in [5, 5.41) is 32.7. The van der Waals surface area contributed by atoms with Gasteiger partial charge in [-0.15, -0.1) is 5.10 Å². The Hall–Kier alpha value is -3.89. The molecule has 1 amide bonds. The van der Waals surface area contributed by atoms with Crippen molar-refractivity contribution in [2.24, 2.45) is 0 Å². The topological polar surface area (TPSA) is 159 Å². The quantitative estimate of drug-likeness (QED) is 0.216. The fourth-order valence-corrected chi connectivity index (χ4v) is 6.10. The summed E-state index contributed by atoms with van der Waals surface area (Å²) in [6.45, 7) is -0.239. The van der Waals surface area contributed by atoms with Crippen LogP contribution in [0.4, 0.5) is 20.3 Å². The summed E-state index contributed by atoms with van der Waals surface area (Å²) in [4.78, 5) is 21.9. The Morgan fingerprint density at radius 2 is 2.00 bits per heavy atom. The number of halogens is 3. The zero-order valence-electron chi connectivity index (χ0n) is 23.6. The summed E-state index contributed by atoms with van der Waals surface area (Å²) in [5.74, 6) is -0.899. The molecule has 4 aromatic rings. The number of nitrogens with one attached hydrogen (secondary N) is 1. The smallest absolute Gasteiger partial charge is 0.387 e. The van der Waals surface area contributed by atoms with E-state index in [4.69, 9.17) is 22.1 Å². The molecule has 2 aliphatic rings. The van der Waals surface area contributed by atoms with Crippen molar-refractivity contribution in [2.75, 3.05) is 37.2 Å². The van der Waals surface area contributed by atoms with Crippen molar-refractivity contribution in [2.45, 2.75) is 50.8 Å². The lowest BCUT2D eigenvalue weighted by Gasteiger charge is -2.38. The summed E-state index contributed by atoms with van der Waals surface area (Å²) in [7, 11) is 0. The zero-order valence-corrected chi connectivity index (χ0v) is 24.3.